The van der Waals surface area contributed by atoms with Crippen LogP contribution >= 0.6 is 11.3 Å². The van der Waals surface area contributed by atoms with Gasteiger partial charge in [-0.15, -0.1) is 11.3 Å². The number of unbranched alkanes of at least 4 members (excludes halogenated alkanes) is 4. The monoisotopic (exact) mass is 483 g/mol. The zero-order chi connectivity index (χ0) is 24.5. The van der Waals surface area contributed by atoms with Gasteiger partial charge in [-0.2, -0.15) is 0 Å². The van der Waals surface area contributed by atoms with Crippen LogP contribution in [0, 0.1) is 6.92 Å². The Labute approximate surface area is 204 Å². The van der Waals surface area contributed by atoms with Gasteiger partial charge < -0.3 is 19.9 Å². The van der Waals surface area contributed by atoms with Gasteiger partial charge in [0.2, 0.25) is 5.91 Å². The average molecular weight is 484 g/mol. The number of fused-ring (bicyclic) bond motifs is 1. The number of hydrogen-bond donors (Lipinski definition) is 2. The van der Waals surface area contributed by atoms with E-state index in [4.69, 9.17) is 5.11 Å². The third-order valence-electron chi connectivity index (χ3n) is 5.83. The summed E-state index contributed by atoms with van der Waals surface area (Å²) in [7, 11) is 0. The zero-order valence-corrected chi connectivity index (χ0v) is 20.7. The second-order valence-corrected chi connectivity index (χ2v) is 9.38. The average Bonchev–Trinajstić information content (AvgIpc) is 3.38. The van der Waals surface area contributed by atoms with E-state index in [-0.39, 0.29) is 24.8 Å². The molecule has 2 amide bonds. The molecule has 0 aliphatic carbocycles. The van der Waals surface area contributed by atoms with Crippen molar-refractivity contribution < 1.29 is 19.5 Å². The fourth-order valence-electron chi connectivity index (χ4n) is 4.08. The lowest BCUT2D eigenvalue weighted by molar-refractivity contribution is -0.137. The van der Waals surface area contributed by atoms with E-state index in [1.54, 1.807) is 16.2 Å². The lowest BCUT2D eigenvalue weighted by atomic mass is 10.1. The topological polar surface area (TPSA) is 91.6 Å². The molecule has 8 heteroatoms. The van der Waals surface area contributed by atoms with Crippen LogP contribution < -0.4 is 10.2 Å². The minimum atomic E-state index is -0.755. The molecule has 1 aromatic carbocycles. The quantitative estimate of drug-likeness (QED) is 0.326. The van der Waals surface area contributed by atoms with Gasteiger partial charge in [0, 0.05) is 25.2 Å². The van der Waals surface area contributed by atoms with Gasteiger partial charge in [-0.1, -0.05) is 31.4 Å². The Morgan fingerprint density at radius 2 is 1.82 bits per heavy atom. The maximum absolute atomic E-state index is 13.3. The van der Waals surface area contributed by atoms with E-state index >= 15 is 0 Å². The summed E-state index contributed by atoms with van der Waals surface area (Å²) in [5, 5.41) is 13.6. The number of nitrogens with one attached hydrogen (secondary N) is 1. The van der Waals surface area contributed by atoms with Crippen LogP contribution in [0.4, 0.5) is 5.69 Å². The van der Waals surface area contributed by atoms with Crippen LogP contribution in [0.2, 0.25) is 0 Å². The Hall–Kier alpha value is -3.13. The molecule has 0 saturated carbocycles. The number of carboxylic acids is 1. The van der Waals surface area contributed by atoms with Gasteiger partial charge >= 0.3 is 5.97 Å². The van der Waals surface area contributed by atoms with Crippen LogP contribution in [-0.4, -0.2) is 40.5 Å². The maximum atomic E-state index is 13.3. The molecule has 0 unspecified atom stereocenters. The minimum Gasteiger partial charge on any atom is -0.481 e. The van der Waals surface area contributed by atoms with Crippen molar-refractivity contribution in [2.75, 3.05) is 18.0 Å². The number of carbonyl (C=O) groups excluding carboxylic acids is 2. The van der Waals surface area contributed by atoms with E-state index in [2.05, 4.69) is 5.32 Å². The van der Waals surface area contributed by atoms with Gasteiger partial charge in [-0.25, -0.2) is 0 Å². The maximum Gasteiger partial charge on any atom is 0.303 e. The minimum absolute atomic E-state index is 0.0628. The van der Waals surface area contributed by atoms with Gasteiger partial charge in [-0.3, -0.25) is 14.4 Å². The fraction of sp³-hybridized carbons (Fsp3) is 0.423. The third kappa shape index (κ3) is 6.70. The number of amides is 2. The SMILES string of the molecule is CCN(C(=O)Cn1c(C(=O)NCCCCCCCC(=O)O)cc2sccc21)c1cccc(C)c1. The highest BCUT2D eigenvalue weighted by atomic mass is 32.1. The van der Waals surface area contributed by atoms with E-state index in [0.717, 1.165) is 47.2 Å². The number of nitrogens with zero attached hydrogens (tertiary/aromatic N) is 2. The van der Waals surface area contributed by atoms with Crippen molar-refractivity contribution in [3.05, 3.63) is 53.0 Å². The van der Waals surface area contributed by atoms with Crippen molar-refractivity contribution in [2.24, 2.45) is 0 Å². The smallest absolute Gasteiger partial charge is 0.303 e. The second kappa shape index (κ2) is 12.4. The van der Waals surface area contributed by atoms with Crippen LogP contribution in [0.1, 0.15) is 61.5 Å². The number of rotatable bonds is 13. The van der Waals surface area contributed by atoms with E-state index in [1.807, 2.05) is 60.2 Å². The number of hydrogen-bond acceptors (Lipinski definition) is 4. The summed E-state index contributed by atoms with van der Waals surface area (Å²) in [6.07, 6.45) is 4.52. The lowest BCUT2D eigenvalue weighted by Gasteiger charge is -2.22. The van der Waals surface area contributed by atoms with Gasteiger partial charge in [0.25, 0.3) is 5.91 Å². The second-order valence-electron chi connectivity index (χ2n) is 8.43. The first-order chi connectivity index (χ1) is 16.4. The van der Waals surface area contributed by atoms with Crippen molar-refractivity contribution >= 4 is 45.0 Å². The predicted octanol–water partition coefficient (Wildman–Crippen LogP) is 5.22. The van der Waals surface area contributed by atoms with E-state index in [1.165, 1.54) is 0 Å². The molecular weight excluding hydrogens is 450 g/mol. The number of benzene rings is 1. The summed E-state index contributed by atoms with van der Waals surface area (Å²) in [6, 6.07) is 11.7. The van der Waals surface area contributed by atoms with Crippen LogP contribution in [0.3, 0.4) is 0 Å². The van der Waals surface area contributed by atoms with Crippen LogP contribution in [0.25, 0.3) is 10.2 Å². The molecule has 3 aromatic rings. The highest BCUT2D eigenvalue weighted by Gasteiger charge is 2.21. The van der Waals surface area contributed by atoms with Gasteiger partial charge in [0.15, 0.2) is 0 Å². The highest BCUT2D eigenvalue weighted by Crippen LogP contribution is 2.26. The number of anilines is 1. The van der Waals surface area contributed by atoms with Crippen molar-refractivity contribution in [3.8, 4) is 0 Å². The summed E-state index contributed by atoms with van der Waals surface area (Å²) in [5.74, 6) is -0.998. The molecule has 34 heavy (non-hydrogen) atoms. The standard InChI is InChI=1S/C26H33N3O4S/c1-3-28(20-11-9-10-19(2)16-20)24(30)18-29-21-13-15-34-23(21)17-22(29)26(33)27-14-8-6-4-5-7-12-25(31)32/h9-11,13,15-17H,3-8,12,14,18H2,1-2H3,(H,27,33)(H,31,32). The third-order valence-corrected chi connectivity index (χ3v) is 6.69. The number of likely N-dealkylation sites (N-methyl/N-ethyl adjacent to an activating group) is 1. The van der Waals surface area contributed by atoms with Crippen molar-refractivity contribution in [1.82, 2.24) is 9.88 Å². The molecule has 182 valence electrons. The Morgan fingerprint density at radius 3 is 2.56 bits per heavy atom. The number of carboxylic acid groups (broad SMARTS) is 1. The first-order valence-corrected chi connectivity index (χ1v) is 12.7. The first kappa shape index (κ1) is 25.5. The van der Waals surface area contributed by atoms with Crippen LogP contribution in [0.5, 0.6) is 0 Å². The summed E-state index contributed by atoms with van der Waals surface area (Å²) >= 11 is 1.55. The normalized spacial score (nSPS) is 11.0. The van der Waals surface area contributed by atoms with Crippen LogP contribution in [0.15, 0.2) is 41.8 Å². The van der Waals surface area contributed by atoms with Crippen molar-refractivity contribution in [2.45, 2.75) is 58.9 Å². The first-order valence-electron chi connectivity index (χ1n) is 11.8. The molecule has 0 atom stereocenters. The molecule has 0 radical (unpaired) electrons. The zero-order valence-electron chi connectivity index (χ0n) is 19.9. The molecule has 0 fully saturated rings. The molecule has 7 nitrogen and oxygen atoms in total. The molecule has 0 bridgehead atoms. The molecule has 0 spiro atoms. The Bertz CT molecular complexity index is 1130. The number of aromatic nitrogens is 1. The van der Waals surface area contributed by atoms with E-state index < -0.39 is 5.97 Å². The number of aryl methyl sites for hydroxylation is 1. The molecule has 0 aliphatic heterocycles. The summed E-state index contributed by atoms with van der Waals surface area (Å²) in [4.78, 5) is 38.5. The molecular formula is C26H33N3O4S. The highest BCUT2D eigenvalue weighted by molar-refractivity contribution is 7.17. The molecule has 3 rings (SSSR count). The van der Waals surface area contributed by atoms with Crippen molar-refractivity contribution in [1.29, 1.82) is 0 Å². The summed E-state index contributed by atoms with van der Waals surface area (Å²) in [5.41, 5.74) is 3.33. The Kier molecular flexibility index (Phi) is 9.27. The van der Waals surface area contributed by atoms with Gasteiger partial charge in [0.1, 0.15) is 12.2 Å². The number of aliphatic carboxylic acids is 1. The molecule has 2 N–H and O–H groups in total. The lowest BCUT2D eigenvalue weighted by Crippen LogP contribution is -2.35. The number of carbonyl (C=O) groups is 3. The molecule has 2 aromatic heterocycles. The van der Waals surface area contributed by atoms with E-state index in [0.29, 0.717) is 25.2 Å². The van der Waals surface area contributed by atoms with Crippen LogP contribution in [-0.2, 0) is 16.1 Å². The molecule has 2 heterocycles. The Morgan fingerprint density at radius 1 is 1.06 bits per heavy atom. The Balaban J connectivity index is 1.62. The van der Waals surface area contributed by atoms with Gasteiger partial charge in [-0.05, 0) is 61.9 Å². The van der Waals surface area contributed by atoms with Gasteiger partial charge in [0.05, 0.1) is 10.2 Å². The predicted molar refractivity (Wildman–Crippen MR) is 137 cm³/mol. The van der Waals surface area contributed by atoms with Crippen molar-refractivity contribution in [3.63, 3.8) is 0 Å². The molecule has 0 aliphatic rings. The largest absolute Gasteiger partial charge is 0.481 e. The fourth-order valence-corrected chi connectivity index (χ4v) is 4.90. The summed E-state index contributed by atoms with van der Waals surface area (Å²) in [6.45, 7) is 5.14. The summed E-state index contributed by atoms with van der Waals surface area (Å²) < 4.78 is 2.79. The number of thiophene rings is 1. The van der Waals surface area contributed by atoms with E-state index in [9.17, 15) is 14.4 Å². The molecule has 0 saturated heterocycles.